The Labute approximate surface area is 171 Å². The molecule has 3 aromatic carbocycles. The van der Waals surface area contributed by atoms with Gasteiger partial charge in [-0.1, -0.05) is 72.8 Å². The molecule has 1 saturated heterocycles. The maximum Gasteiger partial charge on any atom is 0.247 e. The van der Waals surface area contributed by atoms with Crippen molar-refractivity contribution < 1.29 is 13.2 Å². The Morgan fingerprint density at radius 2 is 1.69 bits per heavy atom. The van der Waals surface area contributed by atoms with Gasteiger partial charge in [-0.05, 0) is 34.4 Å². The van der Waals surface area contributed by atoms with Crippen LogP contribution in [0.3, 0.4) is 0 Å². The van der Waals surface area contributed by atoms with Gasteiger partial charge in [0.25, 0.3) is 0 Å². The molecular weight excluding hydrogens is 382 g/mol. The van der Waals surface area contributed by atoms with Gasteiger partial charge in [0.15, 0.2) is 9.84 Å². The fourth-order valence-electron chi connectivity index (χ4n) is 3.85. The number of sulfone groups is 1. The molecule has 1 heterocycles. The lowest BCUT2D eigenvalue weighted by molar-refractivity contribution is -0.128. The zero-order chi connectivity index (χ0) is 20.3. The van der Waals surface area contributed by atoms with E-state index >= 15 is 0 Å². The van der Waals surface area contributed by atoms with Crippen LogP contribution in [0.4, 0.5) is 0 Å². The highest BCUT2D eigenvalue weighted by molar-refractivity contribution is 7.91. The molecule has 0 radical (unpaired) electrons. The molecule has 0 spiro atoms. The van der Waals surface area contributed by atoms with Crippen LogP contribution in [0.1, 0.15) is 17.5 Å². The lowest BCUT2D eigenvalue weighted by Gasteiger charge is -2.28. The molecule has 0 N–H and O–H groups in total. The molecule has 29 heavy (non-hydrogen) atoms. The van der Waals surface area contributed by atoms with Crippen LogP contribution in [0.5, 0.6) is 0 Å². The van der Waals surface area contributed by atoms with E-state index in [-0.39, 0.29) is 23.5 Å². The number of hydrogen-bond acceptors (Lipinski definition) is 3. The first-order valence-corrected chi connectivity index (χ1v) is 11.5. The summed E-state index contributed by atoms with van der Waals surface area (Å²) in [4.78, 5) is 14.8. The molecule has 1 atom stereocenters. The Hall–Kier alpha value is -2.92. The number of hydrogen-bond donors (Lipinski definition) is 0. The van der Waals surface area contributed by atoms with E-state index in [0.717, 1.165) is 21.9 Å². The minimum Gasteiger partial charge on any atom is -0.331 e. The zero-order valence-corrected chi connectivity index (χ0v) is 16.9. The molecule has 1 aliphatic heterocycles. The van der Waals surface area contributed by atoms with E-state index in [9.17, 15) is 13.2 Å². The summed E-state index contributed by atoms with van der Waals surface area (Å²) in [5, 5.41) is 2.19. The van der Waals surface area contributed by atoms with Gasteiger partial charge >= 0.3 is 0 Å². The summed E-state index contributed by atoms with van der Waals surface area (Å²) in [6, 6.07) is 23.4. The number of carbonyl (C=O) groups excluding carboxylic acids is 1. The Balaban J connectivity index is 1.65. The molecule has 0 aliphatic carbocycles. The number of benzene rings is 3. The van der Waals surface area contributed by atoms with Crippen LogP contribution in [0.2, 0.25) is 0 Å². The fraction of sp³-hybridized carbons (Fsp3) is 0.208. The number of amides is 1. The van der Waals surface area contributed by atoms with E-state index in [0.29, 0.717) is 13.0 Å². The number of carbonyl (C=O) groups is 1. The molecule has 4 nitrogen and oxygen atoms in total. The minimum atomic E-state index is -3.09. The highest BCUT2D eigenvalue weighted by Crippen LogP contribution is 2.25. The van der Waals surface area contributed by atoms with Crippen molar-refractivity contribution in [3.63, 3.8) is 0 Å². The molecule has 3 aromatic rings. The summed E-state index contributed by atoms with van der Waals surface area (Å²) in [6.07, 6.45) is 3.81. The Morgan fingerprint density at radius 3 is 2.45 bits per heavy atom. The lowest BCUT2D eigenvalue weighted by atomic mass is 10.0. The highest BCUT2D eigenvalue weighted by atomic mass is 32.2. The quantitative estimate of drug-likeness (QED) is 0.602. The summed E-state index contributed by atoms with van der Waals surface area (Å²) in [7, 11) is -3.09. The van der Waals surface area contributed by atoms with Gasteiger partial charge < -0.3 is 4.90 Å². The summed E-state index contributed by atoms with van der Waals surface area (Å²) in [5.74, 6) is 0.00565. The molecule has 0 aromatic heterocycles. The molecule has 0 bridgehead atoms. The number of fused-ring (bicyclic) bond motifs is 1. The van der Waals surface area contributed by atoms with Crippen molar-refractivity contribution >= 4 is 32.6 Å². The topological polar surface area (TPSA) is 54.5 Å². The predicted molar refractivity (Wildman–Crippen MR) is 117 cm³/mol. The summed E-state index contributed by atoms with van der Waals surface area (Å²) in [5.41, 5.74) is 1.96. The van der Waals surface area contributed by atoms with E-state index in [1.54, 1.807) is 17.1 Å². The standard InChI is InChI=1S/C24H23NO3S/c26-24(14-13-19-7-2-1-3-8-19)25(22-15-16-29(27,28)18-22)17-21-11-6-10-20-9-4-5-12-23(20)21/h1-14,22H,15-18H2/b14-13+/t22-/m0/s1. The monoisotopic (exact) mass is 405 g/mol. The van der Waals surface area contributed by atoms with Crippen molar-refractivity contribution in [1.29, 1.82) is 0 Å². The maximum absolute atomic E-state index is 13.1. The molecule has 5 heteroatoms. The first kappa shape index (κ1) is 19.4. The van der Waals surface area contributed by atoms with E-state index in [2.05, 4.69) is 0 Å². The molecule has 0 saturated carbocycles. The minimum absolute atomic E-state index is 0.0304. The average molecular weight is 406 g/mol. The van der Waals surface area contributed by atoms with Crippen LogP contribution in [-0.4, -0.2) is 36.8 Å². The first-order valence-electron chi connectivity index (χ1n) is 9.73. The van der Waals surface area contributed by atoms with Crippen molar-refractivity contribution in [1.82, 2.24) is 4.90 Å². The molecular formula is C24H23NO3S. The van der Waals surface area contributed by atoms with Gasteiger partial charge in [-0.3, -0.25) is 4.79 Å². The van der Waals surface area contributed by atoms with Gasteiger partial charge in [0.1, 0.15) is 0 Å². The van der Waals surface area contributed by atoms with Crippen molar-refractivity contribution in [3.8, 4) is 0 Å². The Morgan fingerprint density at radius 1 is 0.966 bits per heavy atom. The van der Waals surface area contributed by atoms with Crippen LogP contribution < -0.4 is 0 Å². The van der Waals surface area contributed by atoms with Crippen LogP contribution in [0, 0.1) is 0 Å². The van der Waals surface area contributed by atoms with Crippen LogP contribution in [-0.2, 0) is 21.2 Å². The zero-order valence-electron chi connectivity index (χ0n) is 16.1. The smallest absolute Gasteiger partial charge is 0.247 e. The summed E-state index contributed by atoms with van der Waals surface area (Å²) < 4.78 is 24.1. The van der Waals surface area contributed by atoms with Crippen LogP contribution in [0.25, 0.3) is 16.8 Å². The highest BCUT2D eigenvalue weighted by Gasteiger charge is 2.34. The van der Waals surface area contributed by atoms with Crippen molar-refractivity contribution in [2.45, 2.75) is 19.0 Å². The number of nitrogens with zero attached hydrogens (tertiary/aromatic N) is 1. The lowest BCUT2D eigenvalue weighted by Crippen LogP contribution is -2.39. The average Bonchev–Trinajstić information content (AvgIpc) is 3.10. The second-order valence-corrected chi connectivity index (χ2v) is 9.63. The Kier molecular flexibility index (Phi) is 5.49. The largest absolute Gasteiger partial charge is 0.331 e. The third-order valence-electron chi connectivity index (χ3n) is 5.37. The maximum atomic E-state index is 13.1. The van der Waals surface area contributed by atoms with Gasteiger partial charge in [0, 0.05) is 18.7 Å². The van der Waals surface area contributed by atoms with Gasteiger partial charge in [-0.15, -0.1) is 0 Å². The second kappa shape index (κ2) is 8.21. The van der Waals surface area contributed by atoms with Gasteiger partial charge in [0.2, 0.25) is 5.91 Å². The SMILES string of the molecule is O=C(/C=C/c1ccccc1)N(Cc1cccc2ccccc12)[C@H]1CCS(=O)(=O)C1. The summed E-state index contributed by atoms with van der Waals surface area (Å²) in [6.45, 7) is 0.388. The molecule has 1 fully saturated rings. The molecule has 1 amide bonds. The van der Waals surface area contributed by atoms with Crippen molar-refractivity contribution in [2.75, 3.05) is 11.5 Å². The molecule has 148 valence electrons. The van der Waals surface area contributed by atoms with Crippen LogP contribution in [0.15, 0.2) is 78.9 Å². The van der Waals surface area contributed by atoms with E-state index in [1.165, 1.54) is 0 Å². The van der Waals surface area contributed by atoms with Gasteiger partial charge in [-0.2, -0.15) is 0 Å². The number of rotatable bonds is 5. The van der Waals surface area contributed by atoms with E-state index in [4.69, 9.17) is 0 Å². The molecule has 0 unspecified atom stereocenters. The summed E-state index contributed by atoms with van der Waals surface area (Å²) >= 11 is 0. The first-order chi connectivity index (χ1) is 14.0. The fourth-order valence-corrected chi connectivity index (χ4v) is 5.58. The Bertz CT molecular complexity index is 1150. The van der Waals surface area contributed by atoms with Crippen LogP contribution >= 0.6 is 0 Å². The van der Waals surface area contributed by atoms with Gasteiger partial charge in [-0.25, -0.2) is 8.42 Å². The predicted octanol–water partition coefficient (Wildman–Crippen LogP) is 4.07. The molecule has 4 rings (SSSR count). The van der Waals surface area contributed by atoms with E-state index in [1.807, 2.05) is 72.8 Å². The van der Waals surface area contributed by atoms with Crippen molar-refractivity contribution in [3.05, 3.63) is 90.0 Å². The third-order valence-corrected chi connectivity index (χ3v) is 7.12. The van der Waals surface area contributed by atoms with E-state index < -0.39 is 9.84 Å². The molecule has 1 aliphatic rings. The second-order valence-electron chi connectivity index (χ2n) is 7.41. The normalized spacial score (nSPS) is 18.3. The third kappa shape index (κ3) is 4.57. The van der Waals surface area contributed by atoms with Crippen molar-refractivity contribution in [2.24, 2.45) is 0 Å². The van der Waals surface area contributed by atoms with Gasteiger partial charge in [0.05, 0.1) is 11.5 Å².